The van der Waals surface area contributed by atoms with E-state index in [-0.39, 0.29) is 54.9 Å². The fourth-order valence-corrected chi connectivity index (χ4v) is 10.8. The van der Waals surface area contributed by atoms with Crippen LogP contribution in [0.4, 0.5) is 0 Å². The molecule has 3 fully saturated rings. The second kappa shape index (κ2) is 26.6. The highest BCUT2D eigenvalue weighted by Crippen LogP contribution is 2.38. The summed E-state index contributed by atoms with van der Waals surface area (Å²) in [6, 6.07) is -1.14. The first-order valence-electron chi connectivity index (χ1n) is 25.0. The number of fused-ring (bicyclic) bond motifs is 3. The van der Waals surface area contributed by atoms with Gasteiger partial charge in [0.2, 0.25) is 11.6 Å². The van der Waals surface area contributed by atoms with Gasteiger partial charge in [0, 0.05) is 59.5 Å². The number of carbonyl (C=O) groups excluding carboxylic acids is 5. The molecule has 0 aromatic carbocycles. The van der Waals surface area contributed by atoms with Crippen LogP contribution in [-0.2, 0) is 47.7 Å². The standard InChI is InChI=1S/C53H84N2O13/c1-31-17-13-12-14-18-32(2)44(64-9)29-40-22-20-37(7)53(68-40,54-38(8)56)50(61)51(62)55-24-16-15-19-41(55)52(63)67-45(34(4)27-39-21-23-42(57)46(28-39)65-10)30-43(58)33(3)26-36(6)48(60)49(66-11)47(59)35(5)25-31/h12-14,17-18,26,31,33-35,37,39-42,44-49,57,59-60H,15-16,19-25,27-30H2,1-11H3,(H,54,56)/b14-12+,17-13+,32-18+,36-26+/t31-,33-,34-,35?,37?,39?,40+,41?,42-,44+,45+,46?,47+,48?,49+,53?/m1/s1. The van der Waals surface area contributed by atoms with Crippen molar-refractivity contribution >= 4 is 29.4 Å². The zero-order chi connectivity index (χ0) is 50.5. The molecule has 3 heterocycles. The van der Waals surface area contributed by atoms with E-state index in [0.717, 1.165) is 12.0 Å². The lowest BCUT2D eigenvalue weighted by Gasteiger charge is -2.46. The number of nitrogens with one attached hydrogen (secondary N) is 1. The van der Waals surface area contributed by atoms with Crippen molar-refractivity contribution in [2.24, 2.45) is 35.5 Å². The molecule has 68 heavy (non-hydrogen) atoms. The number of ketones is 2. The van der Waals surface area contributed by atoms with Gasteiger partial charge in [0.1, 0.15) is 30.1 Å². The van der Waals surface area contributed by atoms with Crippen LogP contribution in [0.3, 0.4) is 0 Å². The Kier molecular flexibility index (Phi) is 22.3. The van der Waals surface area contributed by atoms with Crippen LogP contribution in [0.2, 0.25) is 0 Å². The van der Waals surface area contributed by atoms with Crippen molar-refractivity contribution in [2.75, 3.05) is 27.9 Å². The third-order valence-corrected chi connectivity index (χ3v) is 15.1. The molecule has 0 spiro atoms. The van der Waals surface area contributed by atoms with E-state index in [0.29, 0.717) is 63.4 Å². The first kappa shape index (κ1) is 57.0. The van der Waals surface area contributed by atoms with Crippen LogP contribution in [0.1, 0.15) is 132 Å². The average molecular weight is 957 g/mol. The summed E-state index contributed by atoms with van der Waals surface area (Å²) < 4.78 is 30.1. The molecule has 3 aliphatic heterocycles. The number of amides is 2. The maximum atomic E-state index is 14.8. The molecule has 1 saturated carbocycles. The lowest BCUT2D eigenvalue weighted by molar-refractivity contribution is -0.198. The van der Waals surface area contributed by atoms with Gasteiger partial charge in [-0.15, -0.1) is 0 Å². The monoisotopic (exact) mass is 957 g/mol. The Labute approximate surface area is 405 Å². The fourth-order valence-electron chi connectivity index (χ4n) is 10.8. The molecule has 2 amide bonds. The second-order valence-electron chi connectivity index (χ2n) is 20.5. The number of allylic oxidation sites excluding steroid dienone is 6. The Morgan fingerprint density at radius 2 is 1.60 bits per heavy atom. The summed E-state index contributed by atoms with van der Waals surface area (Å²) in [5.74, 6) is -5.19. The number of esters is 1. The first-order valence-corrected chi connectivity index (χ1v) is 25.0. The molecular weight excluding hydrogens is 873 g/mol. The van der Waals surface area contributed by atoms with Gasteiger partial charge in [0.05, 0.1) is 30.5 Å². The number of aliphatic hydroxyl groups excluding tert-OH is 3. The number of methoxy groups -OCH3 is 3. The van der Waals surface area contributed by atoms with E-state index in [4.69, 9.17) is 23.7 Å². The van der Waals surface area contributed by atoms with E-state index >= 15 is 0 Å². The number of aliphatic hydroxyl groups is 3. The van der Waals surface area contributed by atoms with Crippen molar-refractivity contribution in [3.05, 3.63) is 47.6 Å². The summed E-state index contributed by atoms with van der Waals surface area (Å²) in [4.78, 5) is 72.3. The van der Waals surface area contributed by atoms with Gasteiger partial charge in [0.25, 0.3) is 11.7 Å². The maximum absolute atomic E-state index is 14.8. The summed E-state index contributed by atoms with van der Waals surface area (Å²) in [6.07, 6.45) is 10.9. The zero-order valence-corrected chi connectivity index (χ0v) is 42.7. The number of rotatable bonds is 7. The molecular formula is C53H84N2O13. The SMILES string of the molecule is COC1CC(C[C@@H](C)[C@@H]2CC(=O)[C@H](C)/C=C(\C)C(O)[C@@H](OC)[C@@H](O)C(C)C[C@H](C)/C=C/C=C/C=C(\C)[C@@H](OC)C[C@@H]3CCC(C)C(NC(C)=O)(O3)C(=O)C(=O)N3CCCCC3C(=O)O2)CC[C@H]1O. The van der Waals surface area contributed by atoms with Crippen molar-refractivity contribution in [1.29, 1.82) is 0 Å². The van der Waals surface area contributed by atoms with Crippen molar-refractivity contribution in [3.63, 3.8) is 0 Å². The van der Waals surface area contributed by atoms with Crippen LogP contribution in [0.25, 0.3) is 0 Å². The highest BCUT2D eigenvalue weighted by Gasteiger charge is 2.55. The highest BCUT2D eigenvalue weighted by molar-refractivity contribution is 6.39. The summed E-state index contributed by atoms with van der Waals surface area (Å²) in [7, 11) is 4.60. The Hall–Kier alpha value is -3.57. The second-order valence-corrected chi connectivity index (χ2v) is 20.5. The van der Waals surface area contributed by atoms with E-state index in [1.165, 1.54) is 18.9 Å². The molecule has 15 nitrogen and oxygen atoms in total. The van der Waals surface area contributed by atoms with Crippen LogP contribution < -0.4 is 5.32 Å². The predicted octanol–water partition coefficient (Wildman–Crippen LogP) is 6.12. The van der Waals surface area contributed by atoms with E-state index in [1.807, 2.05) is 58.1 Å². The van der Waals surface area contributed by atoms with Crippen molar-refractivity contribution in [1.82, 2.24) is 10.2 Å². The van der Waals surface area contributed by atoms with E-state index in [9.17, 15) is 39.3 Å². The molecule has 15 heteroatoms. The van der Waals surface area contributed by atoms with Gasteiger partial charge < -0.3 is 49.2 Å². The van der Waals surface area contributed by atoms with Crippen LogP contribution in [0, 0.1) is 35.5 Å². The largest absolute Gasteiger partial charge is 0.460 e. The van der Waals surface area contributed by atoms with Crippen LogP contribution in [0.15, 0.2) is 47.6 Å². The molecule has 0 aromatic rings. The van der Waals surface area contributed by atoms with Crippen molar-refractivity contribution in [2.45, 2.75) is 193 Å². The first-order chi connectivity index (χ1) is 32.2. The summed E-state index contributed by atoms with van der Waals surface area (Å²) in [5.41, 5.74) is -0.664. The number of nitrogens with zero attached hydrogens (tertiary/aromatic N) is 1. The fraction of sp³-hybridized carbons (Fsp3) is 0.755. The smallest absolute Gasteiger partial charge is 0.329 e. The van der Waals surface area contributed by atoms with Gasteiger partial charge >= 0.3 is 5.97 Å². The van der Waals surface area contributed by atoms with Crippen LogP contribution in [0.5, 0.6) is 0 Å². The molecule has 384 valence electrons. The van der Waals surface area contributed by atoms with E-state index in [2.05, 4.69) is 5.32 Å². The van der Waals surface area contributed by atoms with Gasteiger partial charge in [-0.25, -0.2) is 4.79 Å². The van der Waals surface area contributed by atoms with Gasteiger partial charge in [-0.3, -0.25) is 19.2 Å². The lowest BCUT2D eigenvalue weighted by Crippen LogP contribution is -2.67. The summed E-state index contributed by atoms with van der Waals surface area (Å²) >= 11 is 0. The maximum Gasteiger partial charge on any atom is 0.329 e. The Morgan fingerprint density at radius 3 is 2.26 bits per heavy atom. The Bertz CT molecular complexity index is 1830. The molecule has 0 radical (unpaired) electrons. The topological polar surface area (TPSA) is 207 Å². The van der Waals surface area contributed by atoms with Crippen LogP contribution in [-0.4, -0.2) is 138 Å². The minimum Gasteiger partial charge on any atom is -0.460 e. The minimum atomic E-state index is -2.00. The number of hydrogen-bond donors (Lipinski definition) is 4. The van der Waals surface area contributed by atoms with E-state index < -0.39 is 89.9 Å². The Morgan fingerprint density at radius 1 is 0.882 bits per heavy atom. The number of Topliss-reactive ketones (excluding diaryl/α,β-unsaturated/α-hetero) is 2. The number of piperidine rings is 1. The molecule has 2 bridgehead atoms. The molecule has 4 rings (SSSR count). The number of carbonyl (C=O) groups is 5. The van der Waals surface area contributed by atoms with Crippen molar-refractivity contribution in [3.8, 4) is 0 Å². The molecule has 7 unspecified atom stereocenters. The van der Waals surface area contributed by atoms with Gasteiger partial charge in [-0.2, -0.15) is 0 Å². The normalized spacial score (nSPS) is 40.1. The average Bonchev–Trinajstić information content (AvgIpc) is 3.30. The third kappa shape index (κ3) is 15.0. The number of cyclic esters (lactones) is 1. The van der Waals surface area contributed by atoms with Crippen molar-refractivity contribution < 1.29 is 63.0 Å². The Balaban J connectivity index is 1.75. The van der Waals surface area contributed by atoms with Gasteiger partial charge in [-0.1, -0.05) is 71.1 Å². The molecule has 0 aromatic heterocycles. The predicted molar refractivity (Wildman–Crippen MR) is 258 cm³/mol. The molecule has 4 aliphatic rings. The van der Waals surface area contributed by atoms with E-state index in [1.54, 1.807) is 41.1 Å². The van der Waals surface area contributed by atoms with Gasteiger partial charge in [0.15, 0.2) is 0 Å². The summed E-state index contributed by atoms with van der Waals surface area (Å²) in [5, 5.41) is 36.2. The quantitative estimate of drug-likeness (QED) is 0.129. The molecule has 16 atom stereocenters. The van der Waals surface area contributed by atoms with Gasteiger partial charge in [-0.05, 0) is 113 Å². The molecule has 1 aliphatic carbocycles. The number of hydrogen-bond acceptors (Lipinski definition) is 13. The molecule has 4 N–H and O–H groups in total. The zero-order valence-electron chi connectivity index (χ0n) is 42.7. The lowest BCUT2D eigenvalue weighted by atomic mass is 9.78. The third-order valence-electron chi connectivity index (χ3n) is 15.1. The summed E-state index contributed by atoms with van der Waals surface area (Å²) in [6.45, 7) is 14.3. The molecule has 2 saturated heterocycles. The highest BCUT2D eigenvalue weighted by atomic mass is 16.6. The minimum absolute atomic E-state index is 0.0710. The number of ether oxygens (including phenoxy) is 5. The van der Waals surface area contributed by atoms with Crippen LogP contribution >= 0.6 is 0 Å².